The van der Waals surface area contributed by atoms with Gasteiger partial charge in [0.15, 0.2) is 0 Å². The summed E-state index contributed by atoms with van der Waals surface area (Å²) < 4.78 is 40.4. The first kappa shape index (κ1) is 20.2. The maximum atomic E-state index is 13.7. The highest BCUT2D eigenvalue weighted by Crippen LogP contribution is 2.26. The van der Waals surface area contributed by atoms with Crippen molar-refractivity contribution in [1.82, 2.24) is 10.0 Å². The van der Waals surface area contributed by atoms with Crippen LogP contribution in [0.25, 0.3) is 0 Å². The van der Waals surface area contributed by atoms with Crippen LogP contribution in [-0.2, 0) is 14.8 Å². The summed E-state index contributed by atoms with van der Waals surface area (Å²) in [4.78, 5) is 11.8. The minimum absolute atomic E-state index is 0.0750. The molecule has 2 rings (SSSR count). The molecule has 140 valence electrons. The van der Waals surface area contributed by atoms with Gasteiger partial charge >= 0.3 is 0 Å². The van der Waals surface area contributed by atoms with Gasteiger partial charge < -0.3 is 5.32 Å². The lowest BCUT2D eigenvalue weighted by atomic mass is 9.87. The fourth-order valence-corrected chi connectivity index (χ4v) is 5.13. The molecule has 8 heteroatoms. The molecule has 0 heterocycles. The number of benzene rings is 1. The zero-order chi connectivity index (χ0) is 18.4. The number of hydrogen-bond acceptors (Lipinski definition) is 4. The number of nitrogens with one attached hydrogen (secondary N) is 2. The van der Waals surface area contributed by atoms with E-state index >= 15 is 0 Å². The quantitative estimate of drug-likeness (QED) is 0.753. The Morgan fingerprint density at radius 1 is 1.28 bits per heavy atom. The molecule has 0 aliphatic heterocycles. The van der Waals surface area contributed by atoms with Crippen molar-refractivity contribution in [2.24, 2.45) is 5.92 Å². The summed E-state index contributed by atoms with van der Waals surface area (Å²) in [5.74, 6) is 0.613. The lowest BCUT2D eigenvalue weighted by Gasteiger charge is -2.29. The molecular formula is C17H25FN2O3S2. The van der Waals surface area contributed by atoms with E-state index in [-0.39, 0.29) is 11.9 Å². The summed E-state index contributed by atoms with van der Waals surface area (Å²) in [5.41, 5.74) is 0. The van der Waals surface area contributed by atoms with Crippen LogP contribution in [-0.4, -0.2) is 38.4 Å². The van der Waals surface area contributed by atoms with E-state index in [4.69, 9.17) is 0 Å². The van der Waals surface area contributed by atoms with E-state index < -0.39 is 26.8 Å². The van der Waals surface area contributed by atoms with Crippen LogP contribution in [0, 0.1) is 11.7 Å². The lowest BCUT2D eigenvalue weighted by molar-refractivity contribution is -0.123. The summed E-state index contributed by atoms with van der Waals surface area (Å²) in [5, 5.41) is 2.90. The molecule has 0 aromatic heterocycles. The van der Waals surface area contributed by atoms with Crippen molar-refractivity contribution in [3.05, 3.63) is 30.1 Å². The highest BCUT2D eigenvalue weighted by Gasteiger charge is 2.27. The predicted molar refractivity (Wildman–Crippen MR) is 98.5 cm³/mol. The van der Waals surface area contributed by atoms with E-state index in [0.717, 1.165) is 37.5 Å². The Morgan fingerprint density at radius 3 is 2.52 bits per heavy atom. The van der Waals surface area contributed by atoms with Crippen molar-refractivity contribution >= 4 is 27.7 Å². The normalized spacial score (nSPS) is 22.4. The van der Waals surface area contributed by atoms with Crippen molar-refractivity contribution < 1.29 is 17.6 Å². The van der Waals surface area contributed by atoms with Gasteiger partial charge in [-0.25, -0.2) is 12.8 Å². The van der Waals surface area contributed by atoms with Crippen molar-refractivity contribution in [3.63, 3.8) is 0 Å². The van der Waals surface area contributed by atoms with Crippen molar-refractivity contribution in [1.29, 1.82) is 0 Å². The number of carbonyl (C=O) groups excluding carboxylic acids is 1. The average Bonchev–Trinajstić information content (AvgIpc) is 2.56. The first-order chi connectivity index (χ1) is 11.8. The number of halogens is 1. The molecule has 1 aromatic rings. The zero-order valence-electron chi connectivity index (χ0n) is 14.5. The Labute approximate surface area is 153 Å². The number of hydrogen-bond donors (Lipinski definition) is 2. The van der Waals surface area contributed by atoms with E-state index in [1.54, 1.807) is 0 Å². The molecular weight excluding hydrogens is 363 g/mol. The monoisotopic (exact) mass is 388 g/mol. The summed E-state index contributed by atoms with van der Waals surface area (Å²) in [7, 11) is -4.08. The molecule has 0 spiro atoms. The Balaban J connectivity index is 1.89. The van der Waals surface area contributed by atoms with Crippen LogP contribution in [0.5, 0.6) is 0 Å². The molecule has 0 saturated heterocycles. The molecule has 0 unspecified atom stereocenters. The Morgan fingerprint density at radius 2 is 1.92 bits per heavy atom. The van der Waals surface area contributed by atoms with Gasteiger partial charge in [-0.05, 0) is 62.7 Å². The third kappa shape index (κ3) is 5.69. The molecule has 1 amide bonds. The number of amides is 1. The molecule has 0 bridgehead atoms. The van der Waals surface area contributed by atoms with Gasteiger partial charge in [0.05, 0.1) is 6.04 Å². The number of carbonyl (C=O) groups is 1. The van der Waals surface area contributed by atoms with Gasteiger partial charge in [0.1, 0.15) is 10.7 Å². The molecule has 1 atom stereocenters. The molecule has 2 N–H and O–H groups in total. The summed E-state index contributed by atoms with van der Waals surface area (Å²) in [6, 6.07) is 4.22. The zero-order valence-corrected chi connectivity index (χ0v) is 16.1. The first-order valence-corrected chi connectivity index (χ1v) is 11.3. The summed E-state index contributed by atoms with van der Waals surface area (Å²) in [6.07, 6.45) is 6.05. The van der Waals surface area contributed by atoms with Crippen LogP contribution >= 0.6 is 11.8 Å². The molecule has 1 fully saturated rings. The molecule has 1 saturated carbocycles. The van der Waals surface area contributed by atoms with Crippen LogP contribution in [0.2, 0.25) is 0 Å². The minimum atomic E-state index is -4.08. The second kappa shape index (κ2) is 9.00. The highest BCUT2D eigenvalue weighted by molar-refractivity contribution is 7.98. The lowest BCUT2D eigenvalue weighted by Crippen LogP contribution is -2.48. The summed E-state index contributed by atoms with van der Waals surface area (Å²) >= 11 is 1.84. The standard InChI is InChI=1S/C17H25FN2O3S2/c1-12(20-25(22,23)16-6-4-3-5-15(16)18)17(21)19-14-9-7-13(8-10-14)11-24-2/h3-6,12-14,20H,7-11H2,1-2H3,(H,19,21)/t12-,13?,14?/m0/s1. The summed E-state index contributed by atoms with van der Waals surface area (Å²) in [6.45, 7) is 1.47. The number of thioether (sulfide) groups is 1. The van der Waals surface area contributed by atoms with Gasteiger partial charge in [-0.15, -0.1) is 0 Å². The Hall–Kier alpha value is -1.12. The van der Waals surface area contributed by atoms with Crippen molar-refractivity contribution in [3.8, 4) is 0 Å². The first-order valence-electron chi connectivity index (χ1n) is 8.39. The highest BCUT2D eigenvalue weighted by atomic mass is 32.2. The van der Waals surface area contributed by atoms with Gasteiger partial charge in [-0.3, -0.25) is 4.79 Å². The van der Waals surface area contributed by atoms with Crippen LogP contribution in [0.4, 0.5) is 4.39 Å². The Bertz CT molecular complexity index is 689. The molecule has 1 aliphatic carbocycles. The second-order valence-electron chi connectivity index (χ2n) is 6.45. The number of sulfonamides is 1. The van der Waals surface area contributed by atoms with Crippen LogP contribution < -0.4 is 10.0 Å². The van der Waals surface area contributed by atoms with E-state index in [2.05, 4.69) is 16.3 Å². The fraction of sp³-hybridized carbons (Fsp3) is 0.588. The SMILES string of the molecule is CSCC1CCC(NC(=O)[C@H](C)NS(=O)(=O)c2ccccc2F)CC1. The maximum absolute atomic E-state index is 13.7. The predicted octanol–water partition coefficient (Wildman–Crippen LogP) is 2.53. The Kier molecular flexibility index (Phi) is 7.27. The van der Waals surface area contributed by atoms with Gasteiger partial charge in [0.25, 0.3) is 0 Å². The van der Waals surface area contributed by atoms with Gasteiger partial charge in [0.2, 0.25) is 15.9 Å². The molecule has 5 nitrogen and oxygen atoms in total. The van der Waals surface area contributed by atoms with Gasteiger partial charge in [-0.1, -0.05) is 12.1 Å². The molecule has 1 aliphatic rings. The second-order valence-corrected chi connectivity index (χ2v) is 9.05. The van der Waals surface area contributed by atoms with Crippen LogP contribution in [0.3, 0.4) is 0 Å². The number of rotatable bonds is 7. The van der Waals surface area contributed by atoms with E-state index in [0.29, 0.717) is 5.92 Å². The topological polar surface area (TPSA) is 75.3 Å². The van der Waals surface area contributed by atoms with Crippen LogP contribution in [0.15, 0.2) is 29.2 Å². The van der Waals surface area contributed by atoms with E-state index in [1.807, 2.05) is 11.8 Å². The maximum Gasteiger partial charge on any atom is 0.244 e. The largest absolute Gasteiger partial charge is 0.352 e. The fourth-order valence-electron chi connectivity index (χ4n) is 3.05. The molecule has 0 radical (unpaired) electrons. The molecule has 1 aromatic carbocycles. The molecule has 25 heavy (non-hydrogen) atoms. The van der Waals surface area contributed by atoms with E-state index in [9.17, 15) is 17.6 Å². The van der Waals surface area contributed by atoms with Gasteiger partial charge in [0, 0.05) is 6.04 Å². The minimum Gasteiger partial charge on any atom is -0.352 e. The third-order valence-electron chi connectivity index (χ3n) is 4.45. The van der Waals surface area contributed by atoms with E-state index in [1.165, 1.54) is 25.1 Å². The third-order valence-corrected chi connectivity index (χ3v) is 6.83. The average molecular weight is 389 g/mol. The van der Waals surface area contributed by atoms with Gasteiger partial charge in [-0.2, -0.15) is 16.5 Å². The van der Waals surface area contributed by atoms with Crippen molar-refractivity contribution in [2.45, 2.75) is 49.6 Å². The van der Waals surface area contributed by atoms with Crippen LogP contribution in [0.1, 0.15) is 32.6 Å². The smallest absolute Gasteiger partial charge is 0.244 e. The van der Waals surface area contributed by atoms with Crippen molar-refractivity contribution in [2.75, 3.05) is 12.0 Å².